The number of aryl methyl sites for hydroxylation is 1. The van der Waals surface area contributed by atoms with Gasteiger partial charge in [0, 0.05) is 11.1 Å². The number of nitrogens with one attached hydrogen (secondary N) is 1. The van der Waals surface area contributed by atoms with E-state index in [0.29, 0.717) is 5.92 Å². The number of hydrogen-bond acceptors (Lipinski definition) is 2. The highest BCUT2D eigenvalue weighted by atomic mass is 14.9. The van der Waals surface area contributed by atoms with Gasteiger partial charge in [0.2, 0.25) is 0 Å². The van der Waals surface area contributed by atoms with E-state index in [2.05, 4.69) is 54.5 Å². The van der Waals surface area contributed by atoms with Crippen molar-refractivity contribution in [2.75, 3.05) is 13.1 Å². The van der Waals surface area contributed by atoms with Crippen molar-refractivity contribution in [1.29, 1.82) is 0 Å². The van der Waals surface area contributed by atoms with E-state index in [4.69, 9.17) is 0 Å². The van der Waals surface area contributed by atoms with E-state index >= 15 is 0 Å². The summed E-state index contributed by atoms with van der Waals surface area (Å²) in [7, 11) is 0. The molecular weight excluding hydrogens is 244 g/mol. The van der Waals surface area contributed by atoms with Gasteiger partial charge in [-0.2, -0.15) is 0 Å². The monoisotopic (exact) mass is 268 g/mol. The summed E-state index contributed by atoms with van der Waals surface area (Å²) in [5, 5.41) is 4.83. The molecule has 3 rings (SSSR count). The van der Waals surface area contributed by atoms with Gasteiger partial charge in [-0.05, 0) is 68.5 Å². The van der Waals surface area contributed by atoms with Crippen LogP contribution in [-0.2, 0) is 0 Å². The standard InChI is InChI=1S/C18H24N2/c1-3-4-16-12-19-10-9-17(16)14-7-8-18-15(11-14)6-5-13(2)20-18/h5-8,11,16-17,19H,3-4,9-10,12H2,1-2H3. The molecule has 2 unspecified atom stereocenters. The van der Waals surface area contributed by atoms with Crippen molar-refractivity contribution in [3.05, 3.63) is 41.6 Å². The zero-order valence-corrected chi connectivity index (χ0v) is 12.5. The first-order valence-corrected chi connectivity index (χ1v) is 7.86. The largest absolute Gasteiger partial charge is 0.316 e. The Morgan fingerprint density at radius 2 is 2.15 bits per heavy atom. The molecule has 106 valence electrons. The summed E-state index contributed by atoms with van der Waals surface area (Å²) in [6.45, 7) is 6.66. The highest BCUT2D eigenvalue weighted by molar-refractivity contribution is 5.79. The highest BCUT2D eigenvalue weighted by Crippen LogP contribution is 2.34. The van der Waals surface area contributed by atoms with Crippen molar-refractivity contribution in [2.24, 2.45) is 5.92 Å². The maximum Gasteiger partial charge on any atom is 0.0705 e. The van der Waals surface area contributed by atoms with Crippen LogP contribution < -0.4 is 5.32 Å². The molecule has 0 saturated carbocycles. The second-order valence-corrected chi connectivity index (χ2v) is 6.05. The fourth-order valence-corrected chi connectivity index (χ4v) is 3.51. The molecule has 1 N–H and O–H groups in total. The lowest BCUT2D eigenvalue weighted by molar-refractivity contribution is 0.307. The molecule has 2 heteroatoms. The molecule has 1 aliphatic heterocycles. The Morgan fingerprint density at radius 3 is 3.00 bits per heavy atom. The zero-order chi connectivity index (χ0) is 13.9. The van der Waals surface area contributed by atoms with Crippen molar-refractivity contribution in [2.45, 2.75) is 39.0 Å². The summed E-state index contributed by atoms with van der Waals surface area (Å²) < 4.78 is 0. The van der Waals surface area contributed by atoms with Crippen LogP contribution in [0.15, 0.2) is 30.3 Å². The molecule has 2 nitrogen and oxygen atoms in total. The molecule has 1 aliphatic rings. The summed E-state index contributed by atoms with van der Waals surface area (Å²) in [5.74, 6) is 1.49. The number of piperidine rings is 1. The van der Waals surface area contributed by atoms with E-state index < -0.39 is 0 Å². The molecular formula is C18H24N2. The number of aromatic nitrogens is 1. The van der Waals surface area contributed by atoms with Gasteiger partial charge in [-0.25, -0.2) is 0 Å². The van der Waals surface area contributed by atoms with Crippen molar-refractivity contribution >= 4 is 10.9 Å². The van der Waals surface area contributed by atoms with E-state index in [9.17, 15) is 0 Å². The summed E-state index contributed by atoms with van der Waals surface area (Å²) in [6, 6.07) is 11.2. The third kappa shape index (κ3) is 2.71. The number of nitrogens with zero attached hydrogens (tertiary/aromatic N) is 1. The molecule has 0 aliphatic carbocycles. The van der Waals surface area contributed by atoms with Gasteiger partial charge >= 0.3 is 0 Å². The SMILES string of the molecule is CCCC1CNCCC1c1ccc2nc(C)ccc2c1. The third-order valence-corrected chi connectivity index (χ3v) is 4.55. The average molecular weight is 268 g/mol. The number of rotatable bonds is 3. The second-order valence-electron chi connectivity index (χ2n) is 6.05. The molecule has 1 saturated heterocycles. The van der Waals surface area contributed by atoms with Crippen LogP contribution in [0.5, 0.6) is 0 Å². The van der Waals surface area contributed by atoms with Crippen LogP contribution in [0.1, 0.15) is 43.4 Å². The minimum atomic E-state index is 0.710. The van der Waals surface area contributed by atoms with Gasteiger partial charge in [0.1, 0.15) is 0 Å². The Kier molecular flexibility index (Phi) is 4.02. The first-order chi connectivity index (χ1) is 9.78. The minimum Gasteiger partial charge on any atom is -0.316 e. The van der Waals surface area contributed by atoms with E-state index in [0.717, 1.165) is 23.7 Å². The normalized spacial score (nSPS) is 23.1. The third-order valence-electron chi connectivity index (χ3n) is 4.55. The van der Waals surface area contributed by atoms with Gasteiger partial charge in [-0.15, -0.1) is 0 Å². The van der Waals surface area contributed by atoms with Crippen LogP contribution in [0.4, 0.5) is 0 Å². The molecule has 2 atom stereocenters. The van der Waals surface area contributed by atoms with Crippen LogP contribution in [0.25, 0.3) is 10.9 Å². The Balaban J connectivity index is 1.93. The van der Waals surface area contributed by atoms with E-state index in [1.54, 1.807) is 0 Å². The molecule has 0 bridgehead atoms. The average Bonchev–Trinajstić information content (AvgIpc) is 2.48. The number of benzene rings is 1. The zero-order valence-electron chi connectivity index (χ0n) is 12.5. The van der Waals surface area contributed by atoms with E-state index in [1.165, 1.54) is 36.8 Å². The second kappa shape index (κ2) is 5.92. The molecule has 0 amide bonds. The van der Waals surface area contributed by atoms with Gasteiger partial charge < -0.3 is 5.32 Å². The summed E-state index contributed by atoms with van der Waals surface area (Å²) in [4.78, 5) is 4.60. The minimum absolute atomic E-state index is 0.710. The van der Waals surface area contributed by atoms with Crippen molar-refractivity contribution < 1.29 is 0 Å². The summed E-state index contributed by atoms with van der Waals surface area (Å²) >= 11 is 0. The fourth-order valence-electron chi connectivity index (χ4n) is 3.51. The van der Waals surface area contributed by atoms with Crippen molar-refractivity contribution in [3.8, 4) is 0 Å². The van der Waals surface area contributed by atoms with Crippen molar-refractivity contribution in [3.63, 3.8) is 0 Å². The first-order valence-electron chi connectivity index (χ1n) is 7.86. The molecule has 2 aromatic rings. The topological polar surface area (TPSA) is 24.9 Å². The van der Waals surface area contributed by atoms with Crippen LogP contribution in [0.2, 0.25) is 0 Å². The molecule has 2 heterocycles. The van der Waals surface area contributed by atoms with Crippen LogP contribution in [0.3, 0.4) is 0 Å². The first kappa shape index (κ1) is 13.6. The molecule has 1 fully saturated rings. The van der Waals surface area contributed by atoms with Gasteiger partial charge in [0.15, 0.2) is 0 Å². The van der Waals surface area contributed by atoms with Crippen LogP contribution in [0, 0.1) is 12.8 Å². The maximum atomic E-state index is 4.60. The number of pyridine rings is 1. The predicted molar refractivity (Wildman–Crippen MR) is 85.1 cm³/mol. The number of fused-ring (bicyclic) bond motifs is 1. The Bertz CT molecular complexity index is 589. The fraction of sp³-hybridized carbons (Fsp3) is 0.500. The lowest BCUT2D eigenvalue weighted by atomic mass is 9.78. The lowest BCUT2D eigenvalue weighted by Gasteiger charge is -2.32. The van der Waals surface area contributed by atoms with Gasteiger partial charge in [-0.1, -0.05) is 25.5 Å². The van der Waals surface area contributed by atoms with Gasteiger partial charge in [0.05, 0.1) is 5.52 Å². The molecule has 1 aromatic heterocycles. The quantitative estimate of drug-likeness (QED) is 0.909. The van der Waals surface area contributed by atoms with Crippen LogP contribution >= 0.6 is 0 Å². The lowest BCUT2D eigenvalue weighted by Crippen LogP contribution is -2.35. The van der Waals surface area contributed by atoms with Gasteiger partial charge in [-0.3, -0.25) is 4.98 Å². The van der Waals surface area contributed by atoms with Crippen molar-refractivity contribution in [1.82, 2.24) is 10.3 Å². The molecule has 1 aromatic carbocycles. The van der Waals surface area contributed by atoms with Crippen LogP contribution in [-0.4, -0.2) is 18.1 Å². The summed E-state index contributed by atoms with van der Waals surface area (Å²) in [5.41, 5.74) is 3.72. The molecule has 0 radical (unpaired) electrons. The predicted octanol–water partition coefficient (Wildman–Crippen LogP) is 4.04. The Labute approximate surface area is 121 Å². The Morgan fingerprint density at radius 1 is 1.25 bits per heavy atom. The van der Waals surface area contributed by atoms with E-state index in [-0.39, 0.29) is 0 Å². The Hall–Kier alpha value is -1.41. The van der Waals surface area contributed by atoms with Gasteiger partial charge in [0.25, 0.3) is 0 Å². The van der Waals surface area contributed by atoms with E-state index in [1.807, 2.05) is 0 Å². The number of hydrogen-bond donors (Lipinski definition) is 1. The highest BCUT2D eigenvalue weighted by Gasteiger charge is 2.25. The molecule has 0 spiro atoms. The smallest absolute Gasteiger partial charge is 0.0705 e. The summed E-state index contributed by atoms with van der Waals surface area (Å²) in [6.07, 6.45) is 3.86. The maximum absolute atomic E-state index is 4.60. The molecule has 20 heavy (non-hydrogen) atoms.